The minimum absolute atomic E-state index is 0.300. The minimum atomic E-state index is 0.300. The van der Waals surface area contributed by atoms with Gasteiger partial charge in [0.15, 0.2) is 0 Å². The van der Waals surface area contributed by atoms with Gasteiger partial charge in [-0.05, 0) is 39.2 Å². The van der Waals surface area contributed by atoms with Crippen LogP contribution in [0.25, 0.3) is 21.5 Å². The lowest BCUT2D eigenvalue weighted by Crippen LogP contribution is -2.34. The third-order valence-electron chi connectivity index (χ3n) is 4.08. The van der Waals surface area contributed by atoms with Gasteiger partial charge >= 0.3 is 0 Å². The Hall–Kier alpha value is -1.90. The predicted molar refractivity (Wildman–Crippen MR) is 83.0 cm³/mol. The summed E-state index contributed by atoms with van der Waals surface area (Å²) in [6.45, 7) is 2.49. The lowest BCUT2D eigenvalue weighted by atomic mass is 9.96. The standard InChI is InChI=1S/C18H17NO/c1-2-5-14-11-17-15(10-13(14)4-1)6-3-7-16(17)18-12-20-9-8-19-18/h1-7,10-11,18-19H,8-9,12H2. The van der Waals surface area contributed by atoms with Crippen LogP contribution in [0.3, 0.4) is 0 Å². The summed E-state index contributed by atoms with van der Waals surface area (Å²) in [5, 5.41) is 8.77. The lowest BCUT2D eigenvalue weighted by Gasteiger charge is -2.25. The first-order valence-electron chi connectivity index (χ1n) is 7.14. The van der Waals surface area contributed by atoms with Crippen LogP contribution in [0.4, 0.5) is 0 Å². The molecule has 1 saturated heterocycles. The highest BCUT2D eigenvalue weighted by Gasteiger charge is 2.17. The maximum absolute atomic E-state index is 5.61. The van der Waals surface area contributed by atoms with Crippen LogP contribution in [-0.2, 0) is 4.74 Å². The summed E-state index contributed by atoms with van der Waals surface area (Å²) in [5.74, 6) is 0. The molecule has 3 aromatic rings. The van der Waals surface area contributed by atoms with E-state index < -0.39 is 0 Å². The first-order valence-corrected chi connectivity index (χ1v) is 7.14. The van der Waals surface area contributed by atoms with Crippen LogP contribution < -0.4 is 5.32 Å². The molecule has 2 heteroatoms. The third kappa shape index (κ3) is 1.98. The maximum Gasteiger partial charge on any atom is 0.0662 e. The largest absolute Gasteiger partial charge is 0.378 e. The van der Waals surface area contributed by atoms with E-state index in [1.54, 1.807) is 0 Å². The minimum Gasteiger partial charge on any atom is -0.378 e. The highest BCUT2D eigenvalue weighted by Crippen LogP contribution is 2.29. The molecular weight excluding hydrogens is 246 g/mol. The molecule has 0 bridgehead atoms. The highest BCUT2D eigenvalue weighted by molar-refractivity contribution is 5.99. The van der Waals surface area contributed by atoms with Gasteiger partial charge in [-0.15, -0.1) is 0 Å². The fourth-order valence-electron chi connectivity index (χ4n) is 3.06. The predicted octanol–water partition coefficient (Wildman–Crippen LogP) is 3.65. The van der Waals surface area contributed by atoms with Crippen LogP contribution in [0, 0.1) is 0 Å². The second-order valence-corrected chi connectivity index (χ2v) is 5.35. The number of fused-ring (bicyclic) bond motifs is 2. The number of benzene rings is 3. The average molecular weight is 263 g/mol. The van der Waals surface area contributed by atoms with Crippen molar-refractivity contribution in [3.8, 4) is 0 Å². The summed E-state index contributed by atoms with van der Waals surface area (Å²) < 4.78 is 5.61. The van der Waals surface area contributed by atoms with E-state index in [1.807, 2.05) is 0 Å². The Morgan fingerprint density at radius 2 is 1.70 bits per heavy atom. The molecule has 0 radical (unpaired) electrons. The van der Waals surface area contributed by atoms with Gasteiger partial charge in [0.1, 0.15) is 0 Å². The van der Waals surface area contributed by atoms with Crippen molar-refractivity contribution in [3.05, 3.63) is 60.2 Å². The maximum atomic E-state index is 5.61. The zero-order chi connectivity index (χ0) is 13.4. The molecule has 1 unspecified atom stereocenters. The van der Waals surface area contributed by atoms with Crippen LogP contribution in [0.2, 0.25) is 0 Å². The second kappa shape index (κ2) is 4.89. The quantitative estimate of drug-likeness (QED) is 0.677. The van der Waals surface area contributed by atoms with Gasteiger partial charge in [0.2, 0.25) is 0 Å². The molecule has 20 heavy (non-hydrogen) atoms. The molecule has 0 aromatic heterocycles. The molecule has 1 N–H and O–H groups in total. The van der Waals surface area contributed by atoms with Gasteiger partial charge in [-0.3, -0.25) is 0 Å². The van der Waals surface area contributed by atoms with Crippen LogP contribution in [-0.4, -0.2) is 19.8 Å². The number of hydrogen-bond donors (Lipinski definition) is 1. The fourth-order valence-corrected chi connectivity index (χ4v) is 3.06. The van der Waals surface area contributed by atoms with Gasteiger partial charge in [0.05, 0.1) is 19.3 Å². The molecule has 100 valence electrons. The Kier molecular flexibility index (Phi) is 2.91. The Balaban J connectivity index is 1.94. The first kappa shape index (κ1) is 11.9. The molecule has 3 aromatic carbocycles. The van der Waals surface area contributed by atoms with Gasteiger partial charge < -0.3 is 10.1 Å². The third-order valence-corrected chi connectivity index (χ3v) is 4.08. The van der Waals surface area contributed by atoms with E-state index >= 15 is 0 Å². The Morgan fingerprint density at radius 3 is 2.50 bits per heavy atom. The molecule has 1 aliphatic heterocycles. The lowest BCUT2D eigenvalue weighted by molar-refractivity contribution is 0.0773. The van der Waals surface area contributed by atoms with Crippen LogP contribution in [0.5, 0.6) is 0 Å². The second-order valence-electron chi connectivity index (χ2n) is 5.35. The van der Waals surface area contributed by atoms with Crippen molar-refractivity contribution >= 4 is 21.5 Å². The van der Waals surface area contributed by atoms with E-state index in [9.17, 15) is 0 Å². The molecule has 0 spiro atoms. The van der Waals surface area contributed by atoms with E-state index in [0.717, 1.165) is 19.8 Å². The molecule has 1 heterocycles. The number of rotatable bonds is 1. The summed E-state index contributed by atoms with van der Waals surface area (Å²) in [7, 11) is 0. The number of ether oxygens (including phenoxy) is 1. The number of morpholine rings is 1. The summed E-state index contributed by atoms with van der Waals surface area (Å²) in [4.78, 5) is 0. The van der Waals surface area contributed by atoms with Gasteiger partial charge in [-0.2, -0.15) is 0 Å². The van der Waals surface area contributed by atoms with E-state index in [2.05, 4.69) is 59.9 Å². The molecule has 2 nitrogen and oxygen atoms in total. The summed E-state index contributed by atoms with van der Waals surface area (Å²) in [6.07, 6.45) is 0. The van der Waals surface area contributed by atoms with Crippen molar-refractivity contribution in [2.24, 2.45) is 0 Å². The van der Waals surface area contributed by atoms with E-state index in [1.165, 1.54) is 27.1 Å². The number of nitrogens with one attached hydrogen (secondary N) is 1. The molecule has 0 saturated carbocycles. The molecule has 1 aliphatic rings. The van der Waals surface area contributed by atoms with Crippen LogP contribution >= 0.6 is 0 Å². The molecule has 1 atom stereocenters. The first-order chi connectivity index (χ1) is 9.92. The van der Waals surface area contributed by atoms with Gasteiger partial charge in [-0.1, -0.05) is 42.5 Å². The molecular formula is C18H17NO. The molecule has 4 rings (SSSR count). The highest BCUT2D eigenvalue weighted by atomic mass is 16.5. The van der Waals surface area contributed by atoms with Crippen LogP contribution in [0.1, 0.15) is 11.6 Å². The van der Waals surface area contributed by atoms with Gasteiger partial charge in [-0.25, -0.2) is 0 Å². The summed E-state index contributed by atoms with van der Waals surface area (Å²) in [5.41, 5.74) is 1.34. The van der Waals surface area contributed by atoms with E-state index in [-0.39, 0.29) is 0 Å². The molecule has 0 amide bonds. The van der Waals surface area contributed by atoms with Crippen molar-refractivity contribution in [3.63, 3.8) is 0 Å². The van der Waals surface area contributed by atoms with Crippen molar-refractivity contribution in [1.29, 1.82) is 0 Å². The van der Waals surface area contributed by atoms with Gasteiger partial charge in [0.25, 0.3) is 0 Å². The number of hydrogen-bond acceptors (Lipinski definition) is 2. The zero-order valence-electron chi connectivity index (χ0n) is 11.3. The van der Waals surface area contributed by atoms with Gasteiger partial charge in [0, 0.05) is 6.54 Å². The smallest absolute Gasteiger partial charge is 0.0662 e. The van der Waals surface area contributed by atoms with Crippen molar-refractivity contribution in [2.75, 3.05) is 19.8 Å². The molecule has 0 aliphatic carbocycles. The van der Waals surface area contributed by atoms with Crippen molar-refractivity contribution in [2.45, 2.75) is 6.04 Å². The monoisotopic (exact) mass is 263 g/mol. The fraction of sp³-hybridized carbons (Fsp3) is 0.222. The topological polar surface area (TPSA) is 21.3 Å². The SMILES string of the molecule is c1ccc2cc3c(C4COCCN4)cccc3cc2c1. The normalized spacial score (nSPS) is 19.5. The summed E-state index contributed by atoms with van der Waals surface area (Å²) in [6, 6.07) is 20.0. The van der Waals surface area contributed by atoms with Crippen molar-refractivity contribution < 1.29 is 4.74 Å². The van der Waals surface area contributed by atoms with Crippen LogP contribution in [0.15, 0.2) is 54.6 Å². The Labute approximate surface area is 118 Å². The zero-order valence-corrected chi connectivity index (χ0v) is 11.3. The van der Waals surface area contributed by atoms with Crippen molar-refractivity contribution in [1.82, 2.24) is 5.32 Å². The van der Waals surface area contributed by atoms with E-state index in [0.29, 0.717) is 6.04 Å². The van der Waals surface area contributed by atoms with E-state index in [4.69, 9.17) is 4.74 Å². The average Bonchev–Trinajstić information content (AvgIpc) is 2.53. The Morgan fingerprint density at radius 1 is 0.900 bits per heavy atom. The summed E-state index contributed by atoms with van der Waals surface area (Å²) >= 11 is 0. The Bertz CT molecular complexity index is 760. The molecule has 1 fully saturated rings.